The molecular formula is C21H26N2O2S. The summed E-state index contributed by atoms with van der Waals surface area (Å²) >= 11 is 1.87. The van der Waals surface area contributed by atoms with Crippen molar-refractivity contribution in [3.8, 4) is 0 Å². The van der Waals surface area contributed by atoms with Gasteiger partial charge in [-0.2, -0.15) is 11.8 Å². The van der Waals surface area contributed by atoms with Crippen molar-refractivity contribution in [2.24, 2.45) is 5.92 Å². The highest BCUT2D eigenvalue weighted by molar-refractivity contribution is 7.99. The van der Waals surface area contributed by atoms with Gasteiger partial charge in [0.1, 0.15) is 6.04 Å². The summed E-state index contributed by atoms with van der Waals surface area (Å²) in [7, 11) is 0. The van der Waals surface area contributed by atoms with Crippen molar-refractivity contribution in [2.45, 2.75) is 26.3 Å². The van der Waals surface area contributed by atoms with E-state index in [1.54, 1.807) is 0 Å². The van der Waals surface area contributed by atoms with E-state index in [0.29, 0.717) is 0 Å². The summed E-state index contributed by atoms with van der Waals surface area (Å²) < 4.78 is 0. The van der Waals surface area contributed by atoms with E-state index in [1.807, 2.05) is 66.9 Å². The van der Waals surface area contributed by atoms with Crippen LogP contribution in [0, 0.1) is 5.92 Å². The molecule has 1 heterocycles. The normalized spacial score (nSPS) is 15.9. The van der Waals surface area contributed by atoms with Crippen LogP contribution in [0.2, 0.25) is 0 Å². The molecule has 4 nitrogen and oxygen atoms in total. The Hall–Kier alpha value is -2.01. The van der Waals surface area contributed by atoms with Crippen molar-refractivity contribution in [2.75, 3.05) is 24.6 Å². The molecular weight excluding hydrogens is 344 g/mol. The van der Waals surface area contributed by atoms with Gasteiger partial charge in [0.2, 0.25) is 11.8 Å². The number of hydrogen-bond acceptors (Lipinski definition) is 3. The zero-order valence-corrected chi connectivity index (χ0v) is 16.2. The molecule has 1 aliphatic heterocycles. The van der Waals surface area contributed by atoms with E-state index in [-0.39, 0.29) is 24.2 Å². The molecule has 0 saturated carbocycles. The van der Waals surface area contributed by atoms with Crippen molar-refractivity contribution < 1.29 is 9.59 Å². The van der Waals surface area contributed by atoms with Gasteiger partial charge >= 0.3 is 0 Å². The van der Waals surface area contributed by atoms with Gasteiger partial charge in [0.05, 0.1) is 6.42 Å². The Morgan fingerprint density at radius 2 is 1.77 bits per heavy atom. The Morgan fingerprint density at radius 1 is 1.08 bits per heavy atom. The van der Waals surface area contributed by atoms with Gasteiger partial charge in [0.25, 0.3) is 0 Å². The SMILES string of the molecule is CC(C)[C@@H](NC(=O)Cc1ccc2ccccc2c1)C(=O)N1CCSCC1. The number of amides is 2. The summed E-state index contributed by atoms with van der Waals surface area (Å²) in [5, 5.41) is 5.26. The first-order chi connectivity index (χ1) is 12.5. The number of nitrogens with zero attached hydrogens (tertiary/aromatic N) is 1. The zero-order chi connectivity index (χ0) is 18.5. The van der Waals surface area contributed by atoms with Gasteiger partial charge in [0.15, 0.2) is 0 Å². The maximum absolute atomic E-state index is 12.8. The minimum Gasteiger partial charge on any atom is -0.344 e. The quantitative estimate of drug-likeness (QED) is 0.880. The number of thioether (sulfide) groups is 1. The van der Waals surface area contributed by atoms with E-state index in [1.165, 1.54) is 0 Å². The van der Waals surface area contributed by atoms with E-state index in [0.717, 1.165) is 40.9 Å². The Labute approximate surface area is 159 Å². The molecule has 1 N–H and O–H groups in total. The average Bonchev–Trinajstić information content (AvgIpc) is 2.66. The lowest BCUT2D eigenvalue weighted by Gasteiger charge is -2.32. The molecule has 138 valence electrons. The number of benzene rings is 2. The number of carbonyl (C=O) groups excluding carboxylic acids is 2. The monoisotopic (exact) mass is 370 g/mol. The van der Waals surface area contributed by atoms with Gasteiger partial charge in [-0.1, -0.05) is 56.3 Å². The molecule has 1 saturated heterocycles. The van der Waals surface area contributed by atoms with E-state index >= 15 is 0 Å². The second kappa shape index (κ2) is 8.58. The van der Waals surface area contributed by atoms with Crippen LogP contribution in [0.5, 0.6) is 0 Å². The fraction of sp³-hybridized carbons (Fsp3) is 0.429. The van der Waals surface area contributed by atoms with Crippen LogP contribution in [0.25, 0.3) is 10.8 Å². The Morgan fingerprint density at radius 3 is 2.46 bits per heavy atom. The third kappa shape index (κ3) is 4.58. The standard InChI is InChI=1S/C21H26N2O2S/c1-15(2)20(21(25)23-9-11-26-12-10-23)22-19(24)14-16-7-8-17-5-3-4-6-18(17)13-16/h3-8,13,15,20H,9-12,14H2,1-2H3,(H,22,24)/t20-/m1/s1. The van der Waals surface area contributed by atoms with E-state index < -0.39 is 6.04 Å². The molecule has 0 unspecified atom stereocenters. The summed E-state index contributed by atoms with van der Waals surface area (Å²) in [6, 6.07) is 13.7. The van der Waals surface area contributed by atoms with Gasteiger partial charge in [-0.05, 0) is 22.3 Å². The Bertz CT molecular complexity index is 784. The third-order valence-electron chi connectivity index (χ3n) is 4.75. The molecule has 5 heteroatoms. The van der Waals surface area contributed by atoms with Crippen LogP contribution in [-0.2, 0) is 16.0 Å². The predicted octanol–water partition coefficient (Wildman–Crippen LogP) is 3.10. The largest absolute Gasteiger partial charge is 0.344 e. The predicted molar refractivity (Wildman–Crippen MR) is 108 cm³/mol. The molecule has 0 spiro atoms. The number of nitrogens with one attached hydrogen (secondary N) is 1. The number of hydrogen-bond donors (Lipinski definition) is 1. The van der Waals surface area contributed by atoms with Crippen molar-refractivity contribution >= 4 is 34.3 Å². The van der Waals surface area contributed by atoms with Crippen molar-refractivity contribution in [3.63, 3.8) is 0 Å². The highest BCUT2D eigenvalue weighted by Crippen LogP contribution is 2.17. The van der Waals surface area contributed by atoms with Crippen LogP contribution < -0.4 is 5.32 Å². The molecule has 3 rings (SSSR count). The molecule has 2 amide bonds. The first kappa shape index (κ1) is 18.8. The van der Waals surface area contributed by atoms with Gasteiger partial charge in [-0.3, -0.25) is 9.59 Å². The zero-order valence-electron chi connectivity index (χ0n) is 15.4. The number of fused-ring (bicyclic) bond motifs is 1. The molecule has 2 aromatic rings. The first-order valence-electron chi connectivity index (χ1n) is 9.18. The van der Waals surface area contributed by atoms with Crippen LogP contribution in [0.4, 0.5) is 0 Å². The van der Waals surface area contributed by atoms with Crippen LogP contribution >= 0.6 is 11.8 Å². The lowest BCUT2D eigenvalue weighted by atomic mass is 10.0. The minimum absolute atomic E-state index is 0.0483. The second-order valence-corrected chi connectivity index (χ2v) is 8.31. The second-order valence-electron chi connectivity index (χ2n) is 7.09. The molecule has 0 aromatic heterocycles. The highest BCUT2D eigenvalue weighted by atomic mass is 32.2. The number of rotatable bonds is 5. The van der Waals surface area contributed by atoms with Gasteiger partial charge in [0, 0.05) is 24.6 Å². The molecule has 0 radical (unpaired) electrons. The molecule has 1 fully saturated rings. The van der Waals surface area contributed by atoms with Gasteiger partial charge in [-0.15, -0.1) is 0 Å². The van der Waals surface area contributed by atoms with Crippen LogP contribution in [0.15, 0.2) is 42.5 Å². The maximum atomic E-state index is 12.8. The molecule has 26 heavy (non-hydrogen) atoms. The third-order valence-corrected chi connectivity index (χ3v) is 5.69. The summed E-state index contributed by atoms with van der Waals surface area (Å²) in [6.45, 7) is 5.51. The van der Waals surface area contributed by atoms with Crippen molar-refractivity contribution in [3.05, 3.63) is 48.0 Å². The highest BCUT2D eigenvalue weighted by Gasteiger charge is 2.29. The van der Waals surface area contributed by atoms with Crippen molar-refractivity contribution in [1.82, 2.24) is 10.2 Å². The lowest BCUT2D eigenvalue weighted by Crippen LogP contribution is -2.53. The van der Waals surface area contributed by atoms with Gasteiger partial charge < -0.3 is 10.2 Å². The average molecular weight is 371 g/mol. The number of carbonyl (C=O) groups is 2. The smallest absolute Gasteiger partial charge is 0.245 e. The first-order valence-corrected chi connectivity index (χ1v) is 10.3. The fourth-order valence-corrected chi connectivity index (χ4v) is 4.16. The summed E-state index contributed by atoms with van der Waals surface area (Å²) in [6.07, 6.45) is 0.289. The summed E-state index contributed by atoms with van der Waals surface area (Å²) in [5.74, 6) is 1.96. The summed E-state index contributed by atoms with van der Waals surface area (Å²) in [5.41, 5.74) is 0.963. The maximum Gasteiger partial charge on any atom is 0.245 e. The van der Waals surface area contributed by atoms with E-state index in [9.17, 15) is 9.59 Å². The summed E-state index contributed by atoms with van der Waals surface area (Å²) in [4.78, 5) is 27.3. The molecule has 1 atom stereocenters. The molecule has 1 aliphatic rings. The lowest BCUT2D eigenvalue weighted by molar-refractivity contribution is -0.137. The topological polar surface area (TPSA) is 49.4 Å². The van der Waals surface area contributed by atoms with Gasteiger partial charge in [-0.25, -0.2) is 0 Å². The van der Waals surface area contributed by atoms with Crippen molar-refractivity contribution in [1.29, 1.82) is 0 Å². The van der Waals surface area contributed by atoms with Crippen LogP contribution in [0.3, 0.4) is 0 Å². The Kier molecular flexibility index (Phi) is 6.20. The molecule has 0 bridgehead atoms. The minimum atomic E-state index is -0.453. The Balaban J connectivity index is 1.66. The molecule has 2 aromatic carbocycles. The van der Waals surface area contributed by atoms with Crippen LogP contribution in [0.1, 0.15) is 19.4 Å². The van der Waals surface area contributed by atoms with E-state index in [2.05, 4.69) is 11.4 Å². The molecule has 0 aliphatic carbocycles. The van der Waals surface area contributed by atoms with E-state index in [4.69, 9.17) is 0 Å². The van der Waals surface area contributed by atoms with Crippen LogP contribution in [-0.4, -0.2) is 47.4 Å². The fourth-order valence-electron chi connectivity index (χ4n) is 3.25.